The Morgan fingerprint density at radius 1 is 1.57 bits per heavy atom. The molecular weight excluding hydrogens is 272 g/mol. The number of hydrogen-bond donors (Lipinski definition) is 1. The van der Waals surface area contributed by atoms with Crippen LogP contribution in [0.2, 0.25) is 0 Å². The quantitative estimate of drug-likeness (QED) is 0.915. The van der Waals surface area contributed by atoms with E-state index in [1.165, 1.54) is 0 Å². The number of ether oxygens (including phenoxy) is 1. The molecule has 1 aliphatic heterocycles. The van der Waals surface area contributed by atoms with Crippen LogP contribution in [0.3, 0.4) is 0 Å². The molecule has 3 rings (SSSR count). The van der Waals surface area contributed by atoms with Crippen molar-refractivity contribution in [2.45, 2.75) is 25.9 Å². The van der Waals surface area contributed by atoms with E-state index in [4.69, 9.17) is 9.15 Å². The maximum Gasteiger partial charge on any atom is 0.223 e. The lowest BCUT2D eigenvalue weighted by molar-refractivity contribution is -0.139. The first-order chi connectivity index (χ1) is 10.2. The summed E-state index contributed by atoms with van der Waals surface area (Å²) in [5.41, 5.74) is 0. The van der Waals surface area contributed by atoms with Gasteiger partial charge in [-0.25, -0.2) is 4.98 Å². The molecule has 0 unspecified atom stereocenters. The fourth-order valence-electron chi connectivity index (χ4n) is 2.38. The van der Waals surface area contributed by atoms with Gasteiger partial charge in [0.15, 0.2) is 5.82 Å². The van der Waals surface area contributed by atoms with E-state index in [2.05, 4.69) is 15.2 Å². The van der Waals surface area contributed by atoms with Crippen LogP contribution in [0.1, 0.15) is 29.9 Å². The monoisotopic (exact) mass is 290 g/mol. The highest BCUT2D eigenvalue weighted by atomic mass is 16.5. The van der Waals surface area contributed by atoms with E-state index in [1.807, 2.05) is 24.0 Å². The number of aromatic nitrogens is 3. The number of rotatable bonds is 4. The Morgan fingerprint density at radius 3 is 3.19 bits per heavy atom. The Hall–Kier alpha value is -2.15. The Balaban J connectivity index is 1.56. The average molecular weight is 290 g/mol. The lowest BCUT2D eigenvalue weighted by Gasteiger charge is -2.31. The summed E-state index contributed by atoms with van der Waals surface area (Å²) < 4.78 is 10.9. The Morgan fingerprint density at radius 2 is 2.48 bits per heavy atom. The summed E-state index contributed by atoms with van der Waals surface area (Å²) in [6, 6.07) is 3.71. The Bertz CT molecular complexity index is 593. The molecule has 7 heteroatoms. The van der Waals surface area contributed by atoms with Crippen LogP contribution in [0, 0.1) is 6.92 Å². The highest BCUT2D eigenvalue weighted by Gasteiger charge is 2.27. The highest BCUT2D eigenvalue weighted by molar-refractivity contribution is 5.76. The van der Waals surface area contributed by atoms with E-state index in [0.717, 1.165) is 11.6 Å². The van der Waals surface area contributed by atoms with Crippen LogP contribution >= 0.6 is 0 Å². The molecule has 1 saturated heterocycles. The van der Waals surface area contributed by atoms with Gasteiger partial charge in [-0.2, -0.15) is 5.10 Å². The smallest absolute Gasteiger partial charge is 0.223 e. The lowest BCUT2D eigenvalue weighted by Crippen LogP contribution is -2.42. The standard InChI is InChI=1S/C14H18N4O3/c1-10-15-14(17-16-10)12-9-18(6-8-21-12)13(19)5-4-11-3-2-7-20-11/h2-3,7,12H,4-6,8-9H2,1H3,(H,15,16,17)/t12-/m1/s1. The van der Waals surface area contributed by atoms with Gasteiger partial charge in [0.1, 0.15) is 17.7 Å². The molecule has 1 fully saturated rings. The van der Waals surface area contributed by atoms with Gasteiger partial charge in [0, 0.05) is 19.4 Å². The maximum absolute atomic E-state index is 12.3. The molecule has 0 aliphatic carbocycles. The van der Waals surface area contributed by atoms with Crippen LogP contribution in [-0.4, -0.2) is 45.7 Å². The fourth-order valence-corrected chi connectivity index (χ4v) is 2.38. The van der Waals surface area contributed by atoms with Crippen LogP contribution < -0.4 is 0 Å². The zero-order valence-corrected chi connectivity index (χ0v) is 11.9. The third-order valence-corrected chi connectivity index (χ3v) is 3.49. The van der Waals surface area contributed by atoms with Gasteiger partial charge in [-0.05, 0) is 19.1 Å². The van der Waals surface area contributed by atoms with Gasteiger partial charge in [-0.15, -0.1) is 0 Å². The molecular formula is C14H18N4O3. The van der Waals surface area contributed by atoms with E-state index < -0.39 is 0 Å². The molecule has 1 N–H and O–H groups in total. The van der Waals surface area contributed by atoms with Gasteiger partial charge >= 0.3 is 0 Å². The summed E-state index contributed by atoms with van der Waals surface area (Å²) >= 11 is 0. The average Bonchev–Trinajstić information content (AvgIpc) is 3.16. The molecule has 7 nitrogen and oxygen atoms in total. The van der Waals surface area contributed by atoms with Crippen molar-refractivity contribution < 1.29 is 13.9 Å². The third kappa shape index (κ3) is 3.30. The molecule has 0 aromatic carbocycles. The van der Waals surface area contributed by atoms with Crippen molar-refractivity contribution in [2.75, 3.05) is 19.7 Å². The van der Waals surface area contributed by atoms with Crippen LogP contribution in [-0.2, 0) is 16.0 Å². The predicted octanol–water partition coefficient (Wildman–Crippen LogP) is 1.24. The van der Waals surface area contributed by atoms with E-state index in [-0.39, 0.29) is 12.0 Å². The summed E-state index contributed by atoms with van der Waals surface area (Å²) in [4.78, 5) is 18.3. The first kappa shape index (κ1) is 13.8. The summed E-state index contributed by atoms with van der Waals surface area (Å²) in [5, 5.41) is 6.90. The number of hydrogen-bond acceptors (Lipinski definition) is 5. The van der Waals surface area contributed by atoms with Crippen molar-refractivity contribution in [1.29, 1.82) is 0 Å². The van der Waals surface area contributed by atoms with E-state index in [9.17, 15) is 4.79 Å². The van der Waals surface area contributed by atoms with Crippen molar-refractivity contribution in [1.82, 2.24) is 20.1 Å². The largest absolute Gasteiger partial charge is 0.469 e. The molecule has 0 radical (unpaired) electrons. The van der Waals surface area contributed by atoms with Crippen molar-refractivity contribution in [3.63, 3.8) is 0 Å². The molecule has 112 valence electrons. The molecule has 0 spiro atoms. The second-order valence-corrected chi connectivity index (χ2v) is 5.06. The summed E-state index contributed by atoms with van der Waals surface area (Å²) in [5.74, 6) is 2.29. The Labute approximate surface area is 122 Å². The molecule has 1 amide bonds. The SMILES string of the molecule is Cc1nc([C@H]2CN(C(=O)CCc3ccco3)CCO2)n[nH]1. The molecule has 0 bridgehead atoms. The second-order valence-electron chi connectivity index (χ2n) is 5.06. The minimum absolute atomic E-state index is 0.104. The number of morpholine rings is 1. The van der Waals surface area contributed by atoms with E-state index >= 15 is 0 Å². The molecule has 1 atom stereocenters. The Kier molecular flexibility index (Phi) is 4.01. The van der Waals surface area contributed by atoms with Gasteiger partial charge in [-0.1, -0.05) is 0 Å². The van der Waals surface area contributed by atoms with Crippen LogP contribution in [0.15, 0.2) is 22.8 Å². The van der Waals surface area contributed by atoms with Gasteiger partial charge in [0.2, 0.25) is 5.91 Å². The van der Waals surface area contributed by atoms with Crippen LogP contribution in [0.25, 0.3) is 0 Å². The first-order valence-corrected chi connectivity index (χ1v) is 7.03. The minimum atomic E-state index is -0.253. The third-order valence-electron chi connectivity index (χ3n) is 3.49. The number of furan rings is 1. The topological polar surface area (TPSA) is 84.2 Å². The molecule has 21 heavy (non-hydrogen) atoms. The van der Waals surface area contributed by atoms with Crippen LogP contribution in [0.4, 0.5) is 0 Å². The van der Waals surface area contributed by atoms with E-state index in [0.29, 0.717) is 38.4 Å². The van der Waals surface area contributed by atoms with Crippen molar-refractivity contribution in [3.05, 3.63) is 35.8 Å². The first-order valence-electron chi connectivity index (χ1n) is 7.03. The van der Waals surface area contributed by atoms with Gasteiger partial charge in [0.25, 0.3) is 0 Å². The molecule has 3 heterocycles. The predicted molar refractivity (Wildman–Crippen MR) is 73.4 cm³/mol. The maximum atomic E-state index is 12.3. The number of nitrogens with zero attached hydrogens (tertiary/aromatic N) is 3. The minimum Gasteiger partial charge on any atom is -0.469 e. The van der Waals surface area contributed by atoms with Crippen molar-refractivity contribution >= 4 is 5.91 Å². The zero-order valence-electron chi connectivity index (χ0n) is 11.9. The van der Waals surface area contributed by atoms with Crippen molar-refractivity contribution in [3.8, 4) is 0 Å². The molecule has 2 aromatic rings. The lowest BCUT2D eigenvalue weighted by atomic mass is 10.2. The normalized spacial score (nSPS) is 18.9. The van der Waals surface area contributed by atoms with E-state index in [1.54, 1.807) is 6.26 Å². The zero-order chi connectivity index (χ0) is 14.7. The van der Waals surface area contributed by atoms with Crippen LogP contribution in [0.5, 0.6) is 0 Å². The van der Waals surface area contributed by atoms with Gasteiger partial charge in [-0.3, -0.25) is 9.89 Å². The number of aromatic amines is 1. The summed E-state index contributed by atoms with van der Waals surface area (Å²) in [6.45, 7) is 3.45. The van der Waals surface area contributed by atoms with Crippen molar-refractivity contribution in [2.24, 2.45) is 0 Å². The number of nitrogens with one attached hydrogen (secondary N) is 1. The summed E-state index contributed by atoms with van der Waals surface area (Å²) in [6.07, 6.45) is 2.42. The highest BCUT2D eigenvalue weighted by Crippen LogP contribution is 2.20. The molecule has 1 aliphatic rings. The number of amides is 1. The number of aryl methyl sites for hydroxylation is 2. The van der Waals surface area contributed by atoms with Gasteiger partial charge in [0.05, 0.1) is 19.4 Å². The van der Waals surface area contributed by atoms with Gasteiger partial charge < -0.3 is 14.1 Å². The summed E-state index contributed by atoms with van der Waals surface area (Å²) in [7, 11) is 0. The molecule has 2 aromatic heterocycles. The fraction of sp³-hybridized carbons (Fsp3) is 0.500. The number of carbonyl (C=O) groups excluding carboxylic acids is 1. The molecule has 0 saturated carbocycles. The number of carbonyl (C=O) groups is 1. The number of H-pyrrole nitrogens is 1. The second kappa shape index (κ2) is 6.09.